The number of allylic oxidation sites excluding steroid dienone is 1. The van der Waals surface area contributed by atoms with Crippen molar-refractivity contribution in [3.05, 3.63) is 12.2 Å². The lowest BCUT2D eigenvalue weighted by atomic mass is 9.99. The summed E-state index contributed by atoms with van der Waals surface area (Å²) >= 11 is 0. The molecule has 0 radical (unpaired) electrons. The first-order chi connectivity index (χ1) is 4.16. The first kappa shape index (κ1) is 17.0. The number of hydrogen-bond donors (Lipinski definition) is 0. The molecule has 0 bridgehead atoms. The maximum atomic E-state index is 3.88. The van der Waals surface area contributed by atoms with Crippen molar-refractivity contribution in [2.24, 2.45) is 5.92 Å². The van der Waals surface area contributed by atoms with Crippen LogP contribution in [0.2, 0.25) is 0 Å². The summed E-state index contributed by atoms with van der Waals surface area (Å²) in [6, 6.07) is 0. The van der Waals surface area contributed by atoms with Crippen LogP contribution in [0.25, 0.3) is 0 Å². The van der Waals surface area contributed by atoms with Gasteiger partial charge < -0.3 is 0 Å². The Kier molecular flexibility index (Phi) is 15.1. The molecular weight excluding hydrogens is 132 g/mol. The molecule has 0 nitrogen and oxygen atoms in total. The van der Waals surface area contributed by atoms with E-state index in [1.807, 2.05) is 0 Å². The summed E-state index contributed by atoms with van der Waals surface area (Å²) in [6.45, 7) is 10.5. The van der Waals surface area contributed by atoms with Crippen LogP contribution in [0.15, 0.2) is 12.2 Å². The van der Waals surface area contributed by atoms with Crippen LogP contribution in [-0.2, 0) is 0 Å². The minimum absolute atomic E-state index is 0. The molecule has 0 aromatic rings. The summed E-state index contributed by atoms with van der Waals surface area (Å²) < 4.78 is 0. The summed E-state index contributed by atoms with van der Waals surface area (Å²) in [6.07, 6.45) is 3.84. The summed E-state index contributed by atoms with van der Waals surface area (Å²) in [7, 11) is 0. The molecule has 1 atom stereocenters. The molecule has 0 aromatic carbocycles. The molecule has 0 aromatic heterocycles. The predicted octanol–water partition coefficient (Wildman–Crippen LogP) is 4.66. The second kappa shape index (κ2) is 9.74. The third kappa shape index (κ3) is 12.8. The van der Waals surface area contributed by atoms with Gasteiger partial charge in [-0.25, -0.2) is 0 Å². The van der Waals surface area contributed by atoms with Crippen molar-refractivity contribution in [2.45, 2.75) is 54.9 Å². The monoisotopic (exact) mass is 158 g/mol. The van der Waals surface area contributed by atoms with Gasteiger partial charge in [0.25, 0.3) is 0 Å². The zero-order valence-electron chi connectivity index (χ0n) is 6.91. The van der Waals surface area contributed by atoms with Crippen LogP contribution < -0.4 is 0 Å². The maximum Gasteiger partial charge on any atom is -0.0300 e. The predicted molar refractivity (Wildman–Crippen MR) is 57.0 cm³/mol. The average molecular weight is 158 g/mol. The standard InChI is InChI=1S/C9H18.2CH4/c1-5-6-9(4)7-8(2)3;;/h9H,2,5-7H2,1,3-4H3;2*1H4. The van der Waals surface area contributed by atoms with Gasteiger partial charge in [-0.15, -0.1) is 6.58 Å². The minimum atomic E-state index is 0. The van der Waals surface area contributed by atoms with Gasteiger partial charge in [0.05, 0.1) is 0 Å². The van der Waals surface area contributed by atoms with Gasteiger partial charge >= 0.3 is 0 Å². The Morgan fingerprint density at radius 1 is 1.36 bits per heavy atom. The lowest BCUT2D eigenvalue weighted by molar-refractivity contribution is 0.521. The van der Waals surface area contributed by atoms with Crippen molar-refractivity contribution in [2.75, 3.05) is 0 Å². The largest absolute Gasteiger partial charge is 0.100 e. The maximum absolute atomic E-state index is 3.88. The van der Waals surface area contributed by atoms with E-state index in [1.165, 1.54) is 24.8 Å². The zero-order chi connectivity index (χ0) is 7.28. The topological polar surface area (TPSA) is 0 Å². The molecule has 0 rings (SSSR count). The fourth-order valence-electron chi connectivity index (χ4n) is 1.19. The Hall–Kier alpha value is -0.260. The minimum Gasteiger partial charge on any atom is -0.100 e. The van der Waals surface area contributed by atoms with Crippen molar-refractivity contribution >= 4 is 0 Å². The van der Waals surface area contributed by atoms with Crippen LogP contribution in [0.4, 0.5) is 0 Å². The van der Waals surface area contributed by atoms with Crippen molar-refractivity contribution in [1.29, 1.82) is 0 Å². The highest BCUT2D eigenvalue weighted by atomic mass is 14.0. The molecule has 0 saturated heterocycles. The molecule has 0 amide bonds. The van der Waals surface area contributed by atoms with E-state index >= 15 is 0 Å². The molecule has 0 saturated carbocycles. The fourth-order valence-corrected chi connectivity index (χ4v) is 1.19. The lowest BCUT2D eigenvalue weighted by Crippen LogP contribution is -1.93. The molecule has 0 N–H and O–H groups in total. The molecule has 0 spiro atoms. The van der Waals surface area contributed by atoms with E-state index < -0.39 is 0 Å². The highest BCUT2D eigenvalue weighted by Gasteiger charge is 1.98. The molecule has 70 valence electrons. The quantitative estimate of drug-likeness (QED) is 0.522. The first-order valence-electron chi connectivity index (χ1n) is 3.81. The second-order valence-electron chi connectivity index (χ2n) is 3.06. The fraction of sp³-hybridized carbons (Fsp3) is 0.818. The molecule has 0 aliphatic heterocycles. The Bertz CT molecular complexity index is 82.0. The van der Waals surface area contributed by atoms with E-state index in [0.717, 1.165) is 5.92 Å². The van der Waals surface area contributed by atoms with Crippen molar-refractivity contribution in [3.8, 4) is 0 Å². The Morgan fingerprint density at radius 3 is 2.09 bits per heavy atom. The third-order valence-electron chi connectivity index (χ3n) is 1.48. The van der Waals surface area contributed by atoms with Crippen LogP contribution >= 0.6 is 0 Å². The number of hydrogen-bond acceptors (Lipinski definition) is 0. The molecule has 0 aliphatic rings. The molecule has 1 unspecified atom stereocenters. The van der Waals surface area contributed by atoms with Crippen LogP contribution in [0.1, 0.15) is 54.9 Å². The molecular formula is C11H26. The summed E-state index contributed by atoms with van der Waals surface area (Å²) in [5.41, 5.74) is 1.32. The molecule has 0 fully saturated rings. The van der Waals surface area contributed by atoms with Crippen LogP contribution in [0.5, 0.6) is 0 Å². The SMILES string of the molecule is C.C.C=C(C)CC(C)CCC. The number of rotatable bonds is 4. The molecule has 0 aliphatic carbocycles. The normalized spacial score (nSPS) is 10.8. The van der Waals surface area contributed by atoms with Gasteiger partial charge in [-0.3, -0.25) is 0 Å². The van der Waals surface area contributed by atoms with Gasteiger partial charge in [-0.2, -0.15) is 0 Å². The van der Waals surface area contributed by atoms with Gasteiger partial charge in [0.15, 0.2) is 0 Å². The highest BCUT2D eigenvalue weighted by Crippen LogP contribution is 2.13. The van der Waals surface area contributed by atoms with E-state index in [1.54, 1.807) is 0 Å². The highest BCUT2D eigenvalue weighted by molar-refractivity contribution is 4.89. The van der Waals surface area contributed by atoms with Gasteiger partial charge in [-0.1, -0.05) is 47.1 Å². The van der Waals surface area contributed by atoms with Crippen molar-refractivity contribution in [3.63, 3.8) is 0 Å². The summed E-state index contributed by atoms with van der Waals surface area (Å²) in [4.78, 5) is 0. The van der Waals surface area contributed by atoms with E-state index in [-0.39, 0.29) is 14.9 Å². The van der Waals surface area contributed by atoms with Gasteiger partial charge in [0.2, 0.25) is 0 Å². The van der Waals surface area contributed by atoms with E-state index in [4.69, 9.17) is 0 Å². The molecule has 0 heteroatoms. The van der Waals surface area contributed by atoms with Gasteiger partial charge in [0, 0.05) is 0 Å². The average Bonchev–Trinajstić information content (AvgIpc) is 1.63. The Labute approximate surface area is 73.7 Å². The Morgan fingerprint density at radius 2 is 1.82 bits per heavy atom. The molecule has 0 heterocycles. The van der Waals surface area contributed by atoms with E-state index in [2.05, 4.69) is 27.4 Å². The van der Waals surface area contributed by atoms with Crippen LogP contribution in [0, 0.1) is 5.92 Å². The molecule has 11 heavy (non-hydrogen) atoms. The first-order valence-corrected chi connectivity index (χ1v) is 3.81. The van der Waals surface area contributed by atoms with E-state index in [9.17, 15) is 0 Å². The lowest BCUT2D eigenvalue weighted by Gasteiger charge is -2.07. The third-order valence-corrected chi connectivity index (χ3v) is 1.48. The van der Waals surface area contributed by atoms with Gasteiger partial charge in [0.1, 0.15) is 0 Å². The summed E-state index contributed by atoms with van der Waals surface area (Å²) in [5.74, 6) is 0.840. The van der Waals surface area contributed by atoms with Crippen molar-refractivity contribution in [1.82, 2.24) is 0 Å². The van der Waals surface area contributed by atoms with Crippen LogP contribution in [-0.4, -0.2) is 0 Å². The summed E-state index contributed by atoms with van der Waals surface area (Å²) in [5, 5.41) is 0. The Balaban J connectivity index is -0.000000320. The van der Waals surface area contributed by atoms with Gasteiger partial charge in [-0.05, 0) is 19.3 Å². The zero-order valence-corrected chi connectivity index (χ0v) is 6.91. The van der Waals surface area contributed by atoms with Crippen molar-refractivity contribution < 1.29 is 0 Å². The smallest absolute Gasteiger partial charge is 0.0300 e. The van der Waals surface area contributed by atoms with E-state index in [0.29, 0.717) is 0 Å². The second-order valence-corrected chi connectivity index (χ2v) is 3.06. The van der Waals surface area contributed by atoms with Crippen LogP contribution in [0.3, 0.4) is 0 Å².